The summed E-state index contributed by atoms with van der Waals surface area (Å²) in [6, 6.07) is 12.4. The fourth-order valence-electron chi connectivity index (χ4n) is 2.92. The largest absolute Gasteiger partial charge is 0.497 e. The molecule has 2 amide bonds. The molecule has 0 aliphatic carbocycles. The van der Waals surface area contributed by atoms with Crippen LogP contribution in [0.5, 0.6) is 5.75 Å². The van der Waals surface area contributed by atoms with Crippen molar-refractivity contribution in [3.05, 3.63) is 53.6 Å². The summed E-state index contributed by atoms with van der Waals surface area (Å²) in [5.74, 6) is 0.00306. The van der Waals surface area contributed by atoms with E-state index in [1.54, 1.807) is 43.5 Å². The molecule has 2 aliphatic rings. The number of carbonyl (C=O) groups is 2. The molecule has 2 aromatic carbocycles. The van der Waals surface area contributed by atoms with E-state index in [0.717, 1.165) is 0 Å². The summed E-state index contributed by atoms with van der Waals surface area (Å²) < 4.78 is 5.23. The summed E-state index contributed by atoms with van der Waals surface area (Å²) >= 11 is 0. The zero-order valence-electron chi connectivity index (χ0n) is 11.8. The summed E-state index contributed by atoms with van der Waals surface area (Å²) in [4.78, 5) is 24.9. The van der Waals surface area contributed by atoms with Gasteiger partial charge in [0.2, 0.25) is 5.66 Å². The highest BCUT2D eigenvalue weighted by molar-refractivity contribution is 6.14. The van der Waals surface area contributed by atoms with Gasteiger partial charge in [-0.25, -0.2) is 0 Å². The van der Waals surface area contributed by atoms with Crippen LogP contribution < -0.4 is 20.7 Å². The van der Waals surface area contributed by atoms with Gasteiger partial charge in [-0.05, 0) is 30.3 Å². The molecule has 0 bridgehead atoms. The summed E-state index contributed by atoms with van der Waals surface area (Å²) in [5.41, 5.74) is 1.11. The summed E-state index contributed by atoms with van der Waals surface area (Å²) in [5, 5.41) is 8.74. The number of hydrogen-bond donors (Lipinski definition) is 3. The lowest BCUT2D eigenvalue weighted by atomic mass is 9.95. The molecule has 4 rings (SSSR count). The molecule has 0 saturated carbocycles. The lowest BCUT2D eigenvalue weighted by Gasteiger charge is -2.35. The van der Waals surface area contributed by atoms with Crippen LogP contribution in [0.25, 0.3) is 0 Å². The summed E-state index contributed by atoms with van der Waals surface area (Å²) in [6.07, 6.45) is 0. The molecule has 0 unspecified atom stereocenters. The van der Waals surface area contributed by atoms with Gasteiger partial charge in [0.15, 0.2) is 0 Å². The number of benzene rings is 2. The van der Waals surface area contributed by atoms with Crippen molar-refractivity contribution in [3.8, 4) is 5.75 Å². The van der Waals surface area contributed by atoms with E-state index in [9.17, 15) is 9.59 Å². The zero-order valence-corrected chi connectivity index (χ0v) is 11.8. The van der Waals surface area contributed by atoms with E-state index in [0.29, 0.717) is 28.3 Å². The lowest BCUT2D eigenvalue weighted by molar-refractivity contribution is -0.120. The van der Waals surface area contributed by atoms with Crippen molar-refractivity contribution in [2.75, 3.05) is 17.7 Å². The van der Waals surface area contributed by atoms with Crippen molar-refractivity contribution in [2.45, 2.75) is 5.66 Å². The Hall–Kier alpha value is -3.02. The molecule has 110 valence electrons. The first-order valence-corrected chi connectivity index (χ1v) is 6.84. The minimum Gasteiger partial charge on any atom is -0.497 e. The Morgan fingerprint density at radius 3 is 2.64 bits per heavy atom. The Labute approximate surface area is 126 Å². The number of hydrogen-bond acceptors (Lipinski definition) is 4. The highest BCUT2D eigenvalue weighted by Gasteiger charge is 2.51. The van der Waals surface area contributed by atoms with Gasteiger partial charge in [-0.15, -0.1) is 0 Å². The quantitative estimate of drug-likeness (QED) is 0.747. The number of nitrogens with one attached hydrogen (secondary N) is 3. The molecule has 0 aromatic heterocycles. The highest BCUT2D eigenvalue weighted by atomic mass is 16.5. The normalized spacial score (nSPS) is 21.5. The molecule has 0 radical (unpaired) electrons. The monoisotopic (exact) mass is 295 g/mol. The lowest BCUT2D eigenvalue weighted by Crippen LogP contribution is -2.59. The fourth-order valence-corrected chi connectivity index (χ4v) is 2.92. The number of methoxy groups -OCH3 is 1. The summed E-state index contributed by atoms with van der Waals surface area (Å²) in [7, 11) is 1.56. The van der Waals surface area contributed by atoms with Crippen molar-refractivity contribution in [2.24, 2.45) is 0 Å². The third-order valence-electron chi connectivity index (χ3n) is 4.01. The van der Waals surface area contributed by atoms with E-state index < -0.39 is 5.66 Å². The zero-order chi connectivity index (χ0) is 15.3. The number of anilines is 2. The second-order valence-corrected chi connectivity index (χ2v) is 5.24. The van der Waals surface area contributed by atoms with E-state index in [1.807, 2.05) is 6.07 Å². The Bertz CT molecular complexity index is 818. The van der Waals surface area contributed by atoms with Crippen molar-refractivity contribution >= 4 is 23.2 Å². The molecule has 2 aromatic rings. The number of fused-ring (bicyclic) bond motifs is 3. The first-order valence-electron chi connectivity index (χ1n) is 6.84. The average molecular weight is 295 g/mol. The van der Waals surface area contributed by atoms with Crippen LogP contribution in [0.2, 0.25) is 0 Å². The van der Waals surface area contributed by atoms with Crippen LogP contribution in [0, 0.1) is 0 Å². The van der Waals surface area contributed by atoms with E-state index in [4.69, 9.17) is 4.74 Å². The van der Waals surface area contributed by atoms with Crippen molar-refractivity contribution in [3.63, 3.8) is 0 Å². The topological polar surface area (TPSA) is 79.5 Å². The second-order valence-electron chi connectivity index (χ2n) is 5.24. The van der Waals surface area contributed by atoms with Crippen LogP contribution in [0.1, 0.15) is 15.9 Å². The molecule has 6 nitrogen and oxygen atoms in total. The Morgan fingerprint density at radius 2 is 1.82 bits per heavy atom. The number of amides is 2. The molecule has 2 heterocycles. The van der Waals surface area contributed by atoms with Gasteiger partial charge < -0.3 is 20.7 Å². The fraction of sp³-hybridized carbons (Fsp3) is 0.125. The first-order chi connectivity index (χ1) is 10.6. The van der Waals surface area contributed by atoms with Gasteiger partial charge >= 0.3 is 0 Å². The van der Waals surface area contributed by atoms with Crippen molar-refractivity contribution in [1.82, 2.24) is 5.32 Å². The predicted molar refractivity (Wildman–Crippen MR) is 80.8 cm³/mol. The van der Waals surface area contributed by atoms with Crippen LogP contribution >= 0.6 is 0 Å². The first kappa shape index (κ1) is 12.7. The minimum absolute atomic E-state index is 0.292. The highest BCUT2D eigenvalue weighted by Crippen LogP contribution is 2.41. The number of para-hydroxylation sites is 1. The standard InChI is InChI=1S/C16H13N3O3/c1-22-9-6-7-13-11(8-9)16(15(21)17-13)18-12-5-3-2-4-10(12)14(20)19-16/h2-8,18H,1H3,(H,17,21)(H,19,20)/t16-/m0/s1. The number of ether oxygens (including phenoxy) is 1. The molecule has 3 N–H and O–H groups in total. The maximum absolute atomic E-state index is 12.5. The van der Waals surface area contributed by atoms with Gasteiger partial charge in [-0.1, -0.05) is 12.1 Å². The maximum atomic E-state index is 12.5. The number of carbonyl (C=O) groups excluding carboxylic acids is 2. The molecular weight excluding hydrogens is 282 g/mol. The molecule has 22 heavy (non-hydrogen) atoms. The average Bonchev–Trinajstić information content (AvgIpc) is 2.79. The molecule has 1 spiro atoms. The van der Waals surface area contributed by atoms with Crippen LogP contribution in [0.4, 0.5) is 11.4 Å². The third kappa shape index (κ3) is 1.54. The van der Waals surface area contributed by atoms with E-state index in [2.05, 4.69) is 16.0 Å². The minimum atomic E-state index is -1.31. The van der Waals surface area contributed by atoms with Crippen LogP contribution in [-0.2, 0) is 10.5 Å². The molecule has 0 fully saturated rings. The van der Waals surface area contributed by atoms with Crippen LogP contribution in [-0.4, -0.2) is 18.9 Å². The number of rotatable bonds is 1. The molecule has 2 aliphatic heterocycles. The maximum Gasteiger partial charge on any atom is 0.275 e. The van der Waals surface area contributed by atoms with Gasteiger partial charge in [-0.2, -0.15) is 0 Å². The van der Waals surface area contributed by atoms with Crippen LogP contribution in [0.3, 0.4) is 0 Å². The van der Waals surface area contributed by atoms with Crippen molar-refractivity contribution < 1.29 is 14.3 Å². The van der Waals surface area contributed by atoms with Gasteiger partial charge in [0.05, 0.1) is 12.7 Å². The Morgan fingerprint density at radius 1 is 1.00 bits per heavy atom. The summed E-state index contributed by atoms with van der Waals surface area (Å²) in [6.45, 7) is 0. The van der Waals surface area contributed by atoms with E-state index in [1.165, 1.54) is 0 Å². The van der Waals surface area contributed by atoms with Gasteiger partial charge in [0, 0.05) is 16.9 Å². The van der Waals surface area contributed by atoms with Gasteiger partial charge in [-0.3, -0.25) is 9.59 Å². The van der Waals surface area contributed by atoms with E-state index in [-0.39, 0.29) is 11.8 Å². The predicted octanol–water partition coefficient (Wildman–Crippen LogP) is 1.66. The molecule has 0 saturated heterocycles. The Kier molecular flexibility index (Phi) is 2.45. The smallest absolute Gasteiger partial charge is 0.275 e. The van der Waals surface area contributed by atoms with Gasteiger partial charge in [0.25, 0.3) is 11.8 Å². The third-order valence-corrected chi connectivity index (χ3v) is 4.01. The molecular formula is C16H13N3O3. The van der Waals surface area contributed by atoms with Crippen LogP contribution in [0.15, 0.2) is 42.5 Å². The van der Waals surface area contributed by atoms with Gasteiger partial charge in [0.1, 0.15) is 5.75 Å². The van der Waals surface area contributed by atoms with E-state index >= 15 is 0 Å². The SMILES string of the molecule is COc1ccc2c(c1)[C@]1(NC(=O)c3ccccc3N1)C(=O)N2. The van der Waals surface area contributed by atoms with Crippen molar-refractivity contribution in [1.29, 1.82) is 0 Å². The Balaban J connectivity index is 1.90. The second kappa shape index (κ2) is 4.24. The molecule has 6 heteroatoms. The molecule has 1 atom stereocenters.